The molecule has 1 aromatic heterocycles. The molecule has 29 heavy (non-hydrogen) atoms. The van der Waals surface area contributed by atoms with E-state index in [4.69, 9.17) is 10.2 Å². The van der Waals surface area contributed by atoms with Crippen molar-refractivity contribution in [2.24, 2.45) is 11.7 Å². The van der Waals surface area contributed by atoms with Crippen LogP contribution in [-0.2, 0) is 15.1 Å². The highest BCUT2D eigenvalue weighted by Crippen LogP contribution is 2.47. The molecule has 1 saturated carbocycles. The normalized spacial score (nSPS) is 17.5. The number of furan rings is 1. The molecular weight excluding hydrogens is 385 g/mol. The maximum absolute atomic E-state index is 13.7. The lowest BCUT2D eigenvalue weighted by Gasteiger charge is -2.46. The van der Waals surface area contributed by atoms with E-state index in [1.165, 1.54) is 30.5 Å². The van der Waals surface area contributed by atoms with Gasteiger partial charge in [-0.05, 0) is 49.4 Å². The Kier molecular flexibility index (Phi) is 5.73. The molecule has 2 aromatic rings. The fraction of sp³-hybridized carbons (Fsp3) is 0.429. The van der Waals surface area contributed by atoms with Gasteiger partial charge >= 0.3 is 12.1 Å². The zero-order valence-corrected chi connectivity index (χ0v) is 16.0. The highest BCUT2D eigenvalue weighted by molar-refractivity contribution is 6.06. The molecular formula is C21H23F3N2O3. The van der Waals surface area contributed by atoms with Crippen LogP contribution < -0.4 is 10.6 Å². The SMILES string of the molecule is Cc1ccccc1N(C(=O)C(F)(F)F)C(C(N)=O)(c1ccco1)C1CCCCC1. The molecule has 1 atom stereocenters. The Morgan fingerprint density at radius 3 is 2.24 bits per heavy atom. The average molecular weight is 408 g/mol. The molecule has 3 rings (SSSR count). The molecule has 1 aliphatic carbocycles. The Hall–Kier alpha value is -2.77. The molecule has 1 fully saturated rings. The number of aryl methyl sites for hydroxylation is 1. The van der Waals surface area contributed by atoms with E-state index in [0.717, 1.165) is 19.3 Å². The minimum Gasteiger partial charge on any atom is -0.466 e. The number of carbonyl (C=O) groups is 2. The maximum atomic E-state index is 13.7. The maximum Gasteiger partial charge on any atom is 0.471 e. The Morgan fingerprint density at radius 1 is 1.07 bits per heavy atom. The third-order valence-electron chi connectivity index (χ3n) is 5.62. The van der Waals surface area contributed by atoms with Gasteiger partial charge in [0.2, 0.25) is 0 Å². The molecule has 0 saturated heterocycles. The predicted octanol–water partition coefficient (Wildman–Crippen LogP) is 4.44. The summed E-state index contributed by atoms with van der Waals surface area (Å²) in [5.41, 5.74) is 4.12. The molecule has 1 heterocycles. The van der Waals surface area contributed by atoms with Gasteiger partial charge < -0.3 is 10.2 Å². The van der Waals surface area contributed by atoms with Gasteiger partial charge in [0.1, 0.15) is 5.76 Å². The molecule has 2 N–H and O–H groups in total. The minimum atomic E-state index is -5.20. The molecule has 0 spiro atoms. The second kappa shape index (κ2) is 7.93. The largest absolute Gasteiger partial charge is 0.471 e. The molecule has 0 aliphatic heterocycles. The Labute approximate surface area is 166 Å². The molecule has 5 nitrogen and oxygen atoms in total. The van der Waals surface area contributed by atoms with Gasteiger partial charge in [-0.25, -0.2) is 0 Å². The number of nitrogens with two attached hydrogens (primary N) is 1. The van der Waals surface area contributed by atoms with Crippen LogP contribution in [0.1, 0.15) is 43.4 Å². The van der Waals surface area contributed by atoms with Crippen molar-refractivity contribution in [2.45, 2.75) is 50.7 Å². The smallest absolute Gasteiger partial charge is 0.466 e. The number of rotatable bonds is 5. The van der Waals surface area contributed by atoms with E-state index >= 15 is 0 Å². The standard InChI is InChI=1S/C21H23F3N2O3/c1-14-8-5-6-11-16(14)26(19(28)21(22,23)24)20(18(25)27,17-12-7-13-29-17)15-9-3-2-4-10-15/h5-8,11-13,15H,2-4,9-10H2,1H3,(H2,25,27). The summed E-state index contributed by atoms with van der Waals surface area (Å²) in [5, 5.41) is 0. The third kappa shape index (κ3) is 3.63. The van der Waals surface area contributed by atoms with Gasteiger partial charge in [0.05, 0.1) is 6.26 Å². The van der Waals surface area contributed by atoms with Crippen LogP contribution in [0.4, 0.5) is 18.9 Å². The summed E-state index contributed by atoms with van der Waals surface area (Å²) in [7, 11) is 0. The van der Waals surface area contributed by atoms with Gasteiger partial charge in [0.15, 0.2) is 5.54 Å². The zero-order chi connectivity index (χ0) is 21.2. The molecule has 1 unspecified atom stereocenters. The third-order valence-corrected chi connectivity index (χ3v) is 5.62. The lowest BCUT2D eigenvalue weighted by Crippen LogP contribution is -2.64. The highest BCUT2D eigenvalue weighted by Gasteiger charge is 2.60. The number of halogens is 3. The van der Waals surface area contributed by atoms with Crippen molar-refractivity contribution < 1.29 is 27.2 Å². The van der Waals surface area contributed by atoms with Crippen molar-refractivity contribution in [2.75, 3.05) is 4.90 Å². The van der Waals surface area contributed by atoms with E-state index in [1.54, 1.807) is 19.1 Å². The molecule has 1 aliphatic rings. The van der Waals surface area contributed by atoms with Crippen LogP contribution in [0.25, 0.3) is 0 Å². The quantitative estimate of drug-likeness (QED) is 0.794. The Morgan fingerprint density at radius 2 is 1.72 bits per heavy atom. The number of benzene rings is 1. The number of carbonyl (C=O) groups excluding carboxylic acids is 2. The number of primary amides is 1. The van der Waals surface area contributed by atoms with Gasteiger partial charge in [0, 0.05) is 5.69 Å². The van der Waals surface area contributed by atoms with Crippen molar-refractivity contribution in [3.8, 4) is 0 Å². The van der Waals surface area contributed by atoms with Gasteiger partial charge in [0.25, 0.3) is 5.91 Å². The molecule has 0 radical (unpaired) electrons. The molecule has 2 amide bonds. The fourth-order valence-corrected chi connectivity index (χ4v) is 4.34. The second-order valence-electron chi connectivity index (χ2n) is 7.37. The van der Waals surface area contributed by atoms with Gasteiger partial charge in [-0.1, -0.05) is 37.5 Å². The highest BCUT2D eigenvalue weighted by atomic mass is 19.4. The number of hydrogen-bond donors (Lipinski definition) is 1. The number of para-hydroxylation sites is 1. The van der Waals surface area contributed by atoms with E-state index in [2.05, 4.69) is 0 Å². The number of alkyl halides is 3. The summed E-state index contributed by atoms with van der Waals surface area (Å²) in [5.74, 6) is -3.85. The monoisotopic (exact) mass is 408 g/mol. The van der Waals surface area contributed by atoms with Gasteiger partial charge in [-0.2, -0.15) is 13.2 Å². The first-order valence-corrected chi connectivity index (χ1v) is 9.51. The summed E-state index contributed by atoms with van der Waals surface area (Å²) in [6.07, 6.45) is -0.673. The van der Waals surface area contributed by atoms with Crippen LogP contribution in [0.15, 0.2) is 47.1 Å². The number of nitrogens with zero attached hydrogens (tertiary/aromatic N) is 1. The summed E-state index contributed by atoms with van der Waals surface area (Å²) in [6, 6.07) is 9.03. The Balaban J connectivity index is 2.35. The second-order valence-corrected chi connectivity index (χ2v) is 7.37. The van der Waals surface area contributed by atoms with Crippen LogP contribution in [0.3, 0.4) is 0 Å². The number of anilines is 1. The Bertz CT molecular complexity index is 874. The summed E-state index contributed by atoms with van der Waals surface area (Å²) >= 11 is 0. The van der Waals surface area contributed by atoms with E-state index in [0.29, 0.717) is 23.3 Å². The average Bonchev–Trinajstić information content (AvgIpc) is 3.21. The topological polar surface area (TPSA) is 76.5 Å². The zero-order valence-electron chi connectivity index (χ0n) is 16.0. The fourth-order valence-electron chi connectivity index (χ4n) is 4.34. The van der Waals surface area contributed by atoms with Crippen LogP contribution in [0.2, 0.25) is 0 Å². The van der Waals surface area contributed by atoms with E-state index in [-0.39, 0.29) is 11.4 Å². The van der Waals surface area contributed by atoms with E-state index in [1.807, 2.05) is 0 Å². The van der Waals surface area contributed by atoms with Crippen LogP contribution in [-0.4, -0.2) is 18.0 Å². The summed E-state index contributed by atoms with van der Waals surface area (Å²) in [4.78, 5) is 26.3. The molecule has 1 aromatic carbocycles. The van der Waals surface area contributed by atoms with Crippen molar-refractivity contribution >= 4 is 17.5 Å². The van der Waals surface area contributed by atoms with Gasteiger partial charge in [-0.15, -0.1) is 0 Å². The van der Waals surface area contributed by atoms with Crippen LogP contribution in [0.5, 0.6) is 0 Å². The first-order valence-electron chi connectivity index (χ1n) is 9.51. The number of amides is 2. The van der Waals surface area contributed by atoms with Crippen molar-refractivity contribution in [3.05, 3.63) is 54.0 Å². The van der Waals surface area contributed by atoms with Gasteiger partial charge in [-0.3, -0.25) is 14.5 Å². The predicted molar refractivity (Wildman–Crippen MR) is 101 cm³/mol. The summed E-state index contributed by atoms with van der Waals surface area (Å²) < 4.78 is 46.7. The molecule has 0 bridgehead atoms. The van der Waals surface area contributed by atoms with E-state index < -0.39 is 29.4 Å². The molecule has 8 heteroatoms. The van der Waals surface area contributed by atoms with Crippen LogP contribution >= 0.6 is 0 Å². The lowest BCUT2D eigenvalue weighted by atomic mass is 9.71. The van der Waals surface area contributed by atoms with Crippen molar-refractivity contribution in [1.29, 1.82) is 0 Å². The first kappa shape index (κ1) is 21.0. The summed E-state index contributed by atoms with van der Waals surface area (Å²) in [6.45, 7) is 1.58. The lowest BCUT2D eigenvalue weighted by molar-refractivity contribution is -0.173. The molecule has 156 valence electrons. The number of hydrogen-bond acceptors (Lipinski definition) is 3. The van der Waals surface area contributed by atoms with E-state index in [9.17, 15) is 22.8 Å². The van der Waals surface area contributed by atoms with Crippen molar-refractivity contribution in [3.63, 3.8) is 0 Å². The first-order chi connectivity index (χ1) is 13.7. The van der Waals surface area contributed by atoms with Crippen LogP contribution in [0, 0.1) is 12.8 Å². The van der Waals surface area contributed by atoms with Crippen molar-refractivity contribution in [1.82, 2.24) is 0 Å². The minimum absolute atomic E-state index is 0.0180.